The van der Waals surface area contributed by atoms with Crippen molar-refractivity contribution in [2.75, 3.05) is 76.0 Å². The molecule has 0 fully saturated rings. The summed E-state index contributed by atoms with van der Waals surface area (Å²) in [6.45, 7) is 17.8. The van der Waals surface area contributed by atoms with E-state index in [0.717, 1.165) is 0 Å². The molecule has 0 aromatic heterocycles. The van der Waals surface area contributed by atoms with E-state index >= 15 is 0 Å². The van der Waals surface area contributed by atoms with Gasteiger partial charge in [-0.25, -0.2) is 4.79 Å². The van der Waals surface area contributed by atoms with Crippen LogP contribution in [0.15, 0.2) is 0 Å². The number of amides is 3. The molecule has 43 heavy (non-hydrogen) atoms. The largest absolute Gasteiger partial charge is 0.480 e. The maximum Gasteiger partial charge on any atom is 0.329 e. The molecule has 0 unspecified atom stereocenters. The van der Waals surface area contributed by atoms with Gasteiger partial charge in [-0.05, 0) is 90.6 Å². The fourth-order valence-corrected chi connectivity index (χ4v) is 2.57. The van der Waals surface area contributed by atoms with Crippen LogP contribution in [-0.4, -0.2) is 157 Å². The molecule has 0 aliphatic carbocycles. The van der Waals surface area contributed by atoms with Crippen LogP contribution in [0.1, 0.15) is 69.2 Å². The zero-order valence-corrected chi connectivity index (χ0v) is 30.3. The number of Topliss-reactive ketones (excluding diaryl/α,β-unsaturated/α-hetero) is 2. The SMILES string of the molecule is CC.CC(=O)C(C)(C)N(C)C(=O)CN(C)C.CN(C)CC(=O)N(C)C(C)(C)C(=O)O.CNCC(=O)N(C)C(C)(C)C(C)=O. The normalized spacial score (nSPS) is 11.1. The van der Waals surface area contributed by atoms with Gasteiger partial charge in [0.2, 0.25) is 17.7 Å². The van der Waals surface area contributed by atoms with Gasteiger partial charge in [-0.15, -0.1) is 0 Å². The molecule has 3 amide bonds. The highest BCUT2D eigenvalue weighted by Gasteiger charge is 2.35. The first-order valence-electron chi connectivity index (χ1n) is 14.2. The number of carbonyl (C=O) groups is 6. The Bertz CT molecular complexity index is 865. The van der Waals surface area contributed by atoms with Crippen molar-refractivity contribution in [3.8, 4) is 0 Å². The van der Waals surface area contributed by atoms with Crippen LogP contribution in [0, 0.1) is 0 Å². The van der Waals surface area contributed by atoms with Crippen molar-refractivity contribution in [2.24, 2.45) is 0 Å². The third-order valence-corrected chi connectivity index (χ3v) is 7.12. The number of likely N-dealkylation sites (N-methyl/N-ethyl adjacent to an activating group) is 6. The van der Waals surface area contributed by atoms with E-state index in [9.17, 15) is 28.8 Å². The first-order valence-corrected chi connectivity index (χ1v) is 14.2. The van der Waals surface area contributed by atoms with Gasteiger partial charge < -0.3 is 34.9 Å². The molecule has 0 rings (SSSR count). The summed E-state index contributed by atoms with van der Waals surface area (Å²) >= 11 is 0. The van der Waals surface area contributed by atoms with Crippen molar-refractivity contribution in [2.45, 2.75) is 85.9 Å². The Labute approximate surface area is 260 Å². The van der Waals surface area contributed by atoms with Crippen molar-refractivity contribution in [1.82, 2.24) is 29.8 Å². The molecule has 0 aromatic rings. The molecule has 13 heteroatoms. The van der Waals surface area contributed by atoms with Gasteiger partial charge in [-0.3, -0.25) is 24.0 Å². The average molecular weight is 619 g/mol. The Morgan fingerprint density at radius 2 is 0.814 bits per heavy atom. The Balaban J connectivity index is -0.000000258. The molecule has 0 aromatic carbocycles. The molecule has 0 aliphatic heterocycles. The molecule has 0 aliphatic rings. The summed E-state index contributed by atoms with van der Waals surface area (Å²) in [5.41, 5.74) is -2.59. The predicted octanol–water partition coefficient (Wildman–Crippen LogP) is 1.30. The minimum Gasteiger partial charge on any atom is -0.480 e. The highest BCUT2D eigenvalue weighted by Crippen LogP contribution is 2.14. The Hall–Kier alpha value is -2.90. The third-order valence-electron chi connectivity index (χ3n) is 7.12. The first-order chi connectivity index (χ1) is 19.2. The lowest BCUT2D eigenvalue weighted by Crippen LogP contribution is -2.52. The van der Waals surface area contributed by atoms with E-state index in [-0.39, 0.29) is 42.4 Å². The number of rotatable bonds is 12. The zero-order valence-electron chi connectivity index (χ0n) is 30.3. The molecule has 254 valence electrons. The van der Waals surface area contributed by atoms with E-state index < -0.39 is 22.6 Å². The van der Waals surface area contributed by atoms with Gasteiger partial charge in [-0.1, -0.05) is 13.8 Å². The number of carboxylic acid groups (broad SMARTS) is 1. The lowest BCUT2D eigenvalue weighted by molar-refractivity contribution is -0.155. The molecule has 0 bridgehead atoms. The molecule has 0 spiro atoms. The smallest absolute Gasteiger partial charge is 0.329 e. The van der Waals surface area contributed by atoms with Crippen LogP contribution < -0.4 is 5.32 Å². The summed E-state index contributed by atoms with van der Waals surface area (Å²) in [6.07, 6.45) is 0. The van der Waals surface area contributed by atoms with Crippen LogP contribution in [0.5, 0.6) is 0 Å². The van der Waals surface area contributed by atoms with Crippen molar-refractivity contribution in [3.05, 3.63) is 0 Å². The van der Waals surface area contributed by atoms with Gasteiger partial charge >= 0.3 is 5.97 Å². The number of ketones is 2. The number of nitrogens with zero attached hydrogens (tertiary/aromatic N) is 5. The first kappa shape index (κ1) is 47.0. The van der Waals surface area contributed by atoms with Crippen molar-refractivity contribution in [3.63, 3.8) is 0 Å². The van der Waals surface area contributed by atoms with Gasteiger partial charge in [0, 0.05) is 21.1 Å². The fraction of sp³-hybridized carbons (Fsp3) is 0.800. The lowest BCUT2D eigenvalue weighted by atomic mass is 9.98. The van der Waals surface area contributed by atoms with Gasteiger partial charge in [0.15, 0.2) is 11.6 Å². The second-order valence-corrected chi connectivity index (χ2v) is 12.0. The maximum absolute atomic E-state index is 11.6. The summed E-state index contributed by atoms with van der Waals surface area (Å²) in [5.74, 6) is -1.36. The van der Waals surface area contributed by atoms with E-state index in [2.05, 4.69) is 5.32 Å². The topological polar surface area (TPSA) is 151 Å². The quantitative estimate of drug-likeness (QED) is 0.328. The Kier molecular flexibility index (Phi) is 22.9. The summed E-state index contributed by atoms with van der Waals surface area (Å²) in [5, 5.41) is 11.6. The number of carboxylic acids is 1. The highest BCUT2D eigenvalue weighted by molar-refractivity contribution is 5.91. The third kappa shape index (κ3) is 17.1. The zero-order chi connectivity index (χ0) is 35.7. The van der Waals surface area contributed by atoms with Gasteiger partial charge in [0.1, 0.15) is 5.54 Å². The molecule has 0 saturated heterocycles. The number of aliphatic carboxylic acids is 1. The molecule has 0 heterocycles. The van der Waals surface area contributed by atoms with E-state index in [4.69, 9.17) is 5.11 Å². The van der Waals surface area contributed by atoms with E-state index in [0.29, 0.717) is 6.54 Å². The van der Waals surface area contributed by atoms with Crippen LogP contribution in [-0.2, 0) is 28.8 Å². The molecule has 2 N–H and O–H groups in total. The maximum atomic E-state index is 11.6. The number of carbonyl (C=O) groups excluding carboxylic acids is 5. The molecule has 0 radical (unpaired) electrons. The second kappa shape index (κ2) is 20.9. The summed E-state index contributed by atoms with van der Waals surface area (Å²) in [6, 6.07) is 0. The Morgan fingerprint density at radius 3 is 1.02 bits per heavy atom. The van der Waals surface area contributed by atoms with Gasteiger partial charge in [-0.2, -0.15) is 0 Å². The average Bonchev–Trinajstić information content (AvgIpc) is 2.88. The van der Waals surface area contributed by atoms with E-state index in [1.54, 1.807) is 72.7 Å². The molecule has 0 saturated carbocycles. The summed E-state index contributed by atoms with van der Waals surface area (Å²) in [7, 11) is 13.7. The second-order valence-electron chi connectivity index (χ2n) is 12.0. The number of nitrogens with one attached hydrogen (secondary N) is 1. The van der Waals surface area contributed by atoms with Crippen LogP contribution in [0.2, 0.25) is 0 Å². The molecule has 0 atom stereocenters. The highest BCUT2D eigenvalue weighted by atomic mass is 16.4. The number of hydrogen-bond donors (Lipinski definition) is 2. The van der Waals surface area contributed by atoms with Gasteiger partial charge in [0.25, 0.3) is 0 Å². The summed E-state index contributed by atoms with van der Waals surface area (Å²) < 4.78 is 0. The van der Waals surface area contributed by atoms with Gasteiger partial charge in [0.05, 0.1) is 30.7 Å². The van der Waals surface area contributed by atoms with Crippen molar-refractivity contribution >= 4 is 35.3 Å². The summed E-state index contributed by atoms with van der Waals surface area (Å²) in [4.78, 5) is 75.6. The lowest BCUT2D eigenvalue weighted by Gasteiger charge is -2.34. The minimum atomic E-state index is -1.16. The monoisotopic (exact) mass is 618 g/mol. The van der Waals surface area contributed by atoms with Crippen molar-refractivity contribution in [1.29, 1.82) is 0 Å². The van der Waals surface area contributed by atoms with Crippen molar-refractivity contribution < 1.29 is 33.9 Å². The predicted molar refractivity (Wildman–Crippen MR) is 172 cm³/mol. The van der Waals surface area contributed by atoms with Crippen LogP contribution in [0.25, 0.3) is 0 Å². The van der Waals surface area contributed by atoms with Crippen LogP contribution in [0.4, 0.5) is 0 Å². The van der Waals surface area contributed by atoms with Crippen LogP contribution in [0.3, 0.4) is 0 Å². The van der Waals surface area contributed by atoms with Crippen LogP contribution >= 0.6 is 0 Å². The number of hydrogen-bond acceptors (Lipinski definition) is 9. The standard InChI is InChI=1S/C10H20N2O2.C9H18N2O3.C9H18N2O2.C2H6/c1-8(13)10(2,3)12(6)9(14)7-11(4)5;1-9(2,8(13)14)11(5)7(12)6-10(3)4;1-7(12)9(2,3)11(5)8(13)6-10-4;1-2/h7H2,1-6H3;6H2,1-5H3,(H,13,14);10H,6H2,1-5H3;1-2H3. The molecular weight excluding hydrogens is 556 g/mol. The minimum absolute atomic E-state index is 0.00731. The molecular formula is C30H62N6O7. The van der Waals surface area contributed by atoms with E-state index in [1.807, 2.05) is 27.9 Å². The van der Waals surface area contributed by atoms with E-state index in [1.165, 1.54) is 49.4 Å². The fourth-order valence-electron chi connectivity index (χ4n) is 2.57. The molecule has 13 nitrogen and oxygen atoms in total. The Morgan fingerprint density at radius 1 is 0.558 bits per heavy atom.